The first-order valence-corrected chi connectivity index (χ1v) is 5.18. The molecule has 0 spiro atoms. The summed E-state index contributed by atoms with van der Waals surface area (Å²) in [5, 5.41) is 9.90. The predicted octanol–water partition coefficient (Wildman–Crippen LogP) is 0.536. The number of benzene rings is 1. The Morgan fingerprint density at radius 2 is 1.82 bits per heavy atom. The molecule has 17 heavy (non-hydrogen) atoms. The van der Waals surface area contributed by atoms with E-state index in [9.17, 15) is 4.79 Å². The molecule has 1 amide bonds. The zero-order chi connectivity index (χ0) is 12.1. The van der Waals surface area contributed by atoms with E-state index in [-0.39, 0.29) is 11.0 Å². The lowest BCUT2D eigenvalue weighted by molar-refractivity contribution is 0.0977. The number of hydrogen-bond donors (Lipinski definition) is 2. The number of nitrogens with one attached hydrogen (secondary N) is 2. The Hall–Kier alpha value is -2.28. The van der Waals surface area contributed by atoms with Gasteiger partial charge in [-0.1, -0.05) is 18.2 Å². The van der Waals surface area contributed by atoms with Crippen LogP contribution in [0.15, 0.2) is 43.0 Å². The van der Waals surface area contributed by atoms with Crippen LogP contribution < -0.4 is 10.7 Å². The molecule has 0 radical (unpaired) electrons. The van der Waals surface area contributed by atoms with Crippen molar-refractivity contribution in [3.63, 3.8) is 0 Å². The SMILES string of the molecule is O=C(NC(=S)Nn1cnnc1)c1ccccc1. The fraction of sp³-hybridized carbons (Fsp3) is 0. The first-order valence-electron chi connectivity index (χ1n) is 4.78. The van der Waals surface area contributed by atoms with Gasteiger partial charge in [-0.15, -0.1) is 10.2 Å². The Bertz CT molecular complexity index is 511. The van der Waals surface area contributed by atoms with E-state index in [4.69, 9.17) is 12.2 Å². The van der Waals surface area contributed by atoms with Crippen LogP contribution in [0.5, 0.6) is 0 Å². The highest BCUT2D eigenvalue weighted by atomic mass is 32.1. The summed E-state index contributed by atoms with van der Waals surface area (Å²) < 4.78 is 1.44. The van der Waals surface area contributed by atoms with E-state index in [1.54, 1.807) is 24.3 Å². The zero-order valence-corrected chi connectivity index (χ0v) is 9.52. The third-order valence-corrected chi connectivity index (χ3v) is 2.11. The molecular formula is C10H9N5OS. The lowest BCUT2D eigenvalue weighted by Gasteiger charge is -2.08. The normalized spacial score (nSPS) is 9.65. The summed E-state index contributed by atoms with van der Waals surface area (Å²) in [5.41, 5.74) is 3.26. The Morgan fingerprint density at radius 3 is 2.47 bits per heavy atom. The van der Waals surface area contributed by atoms with Crippen molar-refractivity contribution < 1.29 is 4.79 Å². The largest absolute Gasteiger partial charge is 0.298 e. The van der Waals surface area contributed by atoms with Crippen molar-refractivity contribution >= 4 is 23.2 Å². The molecule has 0 aliphatic carbocycles. The van der Waals surface area contributed by atoms with Crippen molar-refractivity contribution in [1.82, 2.24) is 20.2 Å². The van der Waals surface area contributed by atoms with Gasteiger partial charge in [0.25, 0.3) is 5.91 Å². The van der Waals surface area contributed by atoms with Gasteiger partial charge in [-0.05, 0) is 24.4 Å². The minimum Gasteiger partial charge on any atom is -0.298 e. The van der Waals surface area contributed by atoms with Crippen molar-refractivity contribution in [1.29, 1.82) is 0 Å². The summed E-state index contributed by atoms with van der Waals surface area (Å²) in [7, 11) is 0. The zero-order valence-electron chi connectivity index (χ0n) is 8.70. The van der Waals surface area contributed by atoms with E-state index in [1.165, 1.54) is 17.3 Å². The number of aromatic nitrogens is 3. The van der Waals surface area contributed by atoms with E-state index in [0.29, 0.717) is 5.56 Å². The van der Waals surface area contributed by atoms with Crippen LogP contribution in [0.1, 0.15) is 10.4 Å². The van der Waals surface area contributed by atoms with Crippen molar-refractivity contribution in [2.24, 2.45) is 0 Å². The molecule has 0 fully saturated rings. The van der Waals surface area contributed by atoms with Crippen LogP contribution in [0.3, 0.4) is 0 Å². The minimum atomic E-state index is -0.267. The molecule has 1 aromatic heterocycles. The third kappa shape index (κ3) is 3.08. The molecule has 0 atom stereocenters. The molecular weight excluding hydrogens is 238 g/mol. The Labute approximate surface area is 103 Å². The lowest BCUT2D eigenvalue weighted by atomic mass is 10.2. The summed E-state index contributed by atoms with van der Waals surface area (Å²) in [4.78, 5) is 11.7. The number of hydrogen-bond acceptors (Lipinski definition) is 4. The van der Waals surface area contributed by atoms with Gasteiger partial charge in [0.1, 0.15) is 12.7 Å². The molecule has 6 nitrogen and oxygen atoms in total. The lowest BCUT2D eigenvalue weighted by Crippen LogP contribution is -2.37. The van der Waals surface area contributed by atoms with Crippen molar-refractivity contribution in [2.45, 2.75) is 0 Å². The highest BCUT2D eigenvalue weighted by Crippen LogP contribution is 1.97. The van der Waals surface area contributed by atoms with Crippen molar-refractivity contribution in [3.05, 3.63) is 48.5 Å². The standard InChI is InChI=1S/C10H9N5OS/c16-9(8-4-2-1-3-5-8)13-10(17)14-15-6-11-12-7-15/h1-7H,(H2,13,14,16,17). The van der Waals surface area contributed by atoms with Crippen LogP contribution in [0.25, 0.3) is 0 Å². The van der Waals surface area contributed by atoms with E-state index in [0.717, 1.165) is 0 Å². The summed E-state index contributed by atoms with van der Waals surface area (Å²) in [6.07, 6.45) is 2.86. The number of amides is 1. The second-order valence-electron chi connectivity index (χ2n) is 3.13. The molecule has 0 aliphatic rings. The van der Waals surface area contributed by atoms with E-state index < -0.39 is 0 Å². The van der Waals surface area contributed by atoms with Crippen LogP contribution in [0.2, 0.25) is 0 Å². The van der Waals surface area contributed by atoms with Crippen LogP contribution in [-0.2, 0) is 0 Å². The molecule has 0 saturated carbocycles. The van der Waals surface area contributed by atoms with Crippen molar-refractivity contribution in [3.8, 4) is 0 Å². The van der Waals surface area contributed by atoms with Crippen LogP contribution >= 0.6 is 12.2 Å². The average Bonchev–Trinajstić information content (AvgIpc) is 2.82. The maximum atomic E-state index is 11.7. The first kappa shape index (κ1) is 11.2. The summed E-state index contributed by atoms with van der Waals surface area (Å²) in [5.74, 6) is -0.267. The molecule has 2 aromatic rings. The fourth-order valence-electron chi connectivity index (χ4n) is 1.17. The topological polar surface area (TPSA) is 71.8 Å². The number of thiocarbonyl (C=S) groups is 1. The van der Waals surface area contributed by atoms with Gasteiger partial charge in [0.05, 0.1) is 0 Å². The van der Waals surface area contributed by atoms with Gasteiger partial charge in [0.2, 0.25) is 0 Å². The van der Waals surface area contributed by atoms with Crippen LogP contribution in [-0.4, -0.2) is 25.9 Å². The Kier molecular flexibility index (Phi) is 3.41. The average molecular weight is 247 g/mol. The Balaban J connectivity index is 1.93. The molecule has 1 aromatic carbocycles. The minimum absolute atomic E-state index is 0.179. The summed E-state index contributed by atoms with van der Waals surface area (Å²) >= 11 is 4.96. The number of carbonyl (C=O) groups excluding carboxylic acids is 1. The molecule has 0 aliphatic heterocycles. The van der Waals surface area contributed by atoms with Gasteiger partial charge in [-0.25, -0.2) is 4.68 Å². The molecule has 86 valence electrons. The van der Waals surface area contributed by atoms with Crippen molar-refractivity contribution in [2.75, 3.05) is 5.43 Å². The third-order valence-electron chi connectivity index (χ3n) is 1.91. The molecule has 0 unspecified atom stereocenters. The van der Waals surface area contributed by atoms with Gasteiger partial charge in [-0.2, -0.15) is 0 Å². The Morgan fingerprint density at radius 1 is 1.18 bits per heavy atom. The molecule has 2 rings (SSSR count). The molecule has 0 saturated heterocycles. The van der Waals surface area contributed by atoms with Gasteiger partial charge in [-0.3, -0.25) is 15.5 Å². The number of nitrogens with zero attached hydrogens (tertiary/aromatic N) is 3. The maximum Gasteiger partial charge on any atom is 0.257 e. The smallest absolute Gasteiger partial charge is 0.257 e. The van der Waals surface area contributed by atoms with Gasteiger partial charge in [0, 0.05) is 5.56 Å². The second kappa shape index (κ2) is 5.17. The van der Waals surface area contributed by atoms with Gasteiger partial charge < -0.3 is 0 Å². The summed E-state index contributed by atoms with van der Waals surface area (Å²) in [6, 6.07) is 8.81. The number of rotatable bonds is 2. The van der Waals surface area contributed by atoms with Gasteiger partial charge >= 0.3 is 0 Å². The van der Waals surface area contributed by atoms with E-state index >= 15 is 0 Å². The monoisotopic (exact) mass is 247 g/mol. The van der Waals surface area contributed by atoms with Crippen LogP contribution in [0.4, 0.5) is 0 Å². The fourth-order valence-corrected chi connectivity index (χ4v) is 1.37. The highest BCUT2D eigenvalue weighted by Gasteiger charge is 2.06. The molecule has 2 N–H and O–H groups in total. The maximum absolute atomic E-state index is 11.7. The molecule has 1 heterocycles. The quantitative estimate of drug-likeness (QED) is 0.758. The molecule has 7 heteroatoms. The van der Waals surface area contributed by atoms with E-state index in [2.05, 4.69) is 20.9 Å². The molecule has 0 bridgehead atoms. The summed E-state index contributed by atoms with van der Waals surface area (Å²) in [6.45, 7) is 0. The van der Waals surface area contributed by atoms with Crippen LogP contribution in [0, 0.1) is 0 Å². The first-order chi connectivity index (χ1) is 8.25. The van der Waals surface area contributed by atoms with E-state index in [1.807, 2.05) is 6.07 Å². The van der Waals surface area contributed by atoms with Gasteiger partial charge in [0.15, 0.2) is 5.11 Å². The highest BCUT2D eigenvalue weighted by molar-refractivity contribution is 7.80. The number of carbonyl (C=O) groups is 1. The predicted molar refractivity (Wildman–Crippen MR) is 65.9 cm³/mol. The second-order valence-corrected chi connectivity index (χ2v) is 3.54.